The first-order valence-electron chi connectivity index (χ1n) is 8.17. The van der Waals surface area contributed by atoms with Gasteiger partial charge in [0.2, 0.25) is 0 Å². The van der Waals surface area contributed by atoms with E-state index in [2.05, 4.69) is 40.2 Å². The van der Waals surface area contributed by atoms with E-state index in [1.54, 1.807) is 0 Å². The molecule has 1 aromatic carbocycles. The maximum Gasteiger partial charge on any atom is 0.129 e. The summed E-state index contributed by atoms with van der Waals surface area (Å²) in [6, 6.07) is 14.6. The van der Waals surface area contributed by atoms with Crippen molar-refractivity contribution in [3.05, 3.63) is 54.9 Å². The van der Waals surface area contributed by atoms with Gasteiger partial charge < -0.3 is 4.90 Å². The highest BCUT2D eigenvalue weighted by molar-refractivity contribution is 6.07. The third kappa shape index (κ3) is 3.07. The Morgan fingerprint density at radius 2 is 1.92 bits per heavy atom. The molecule has 4 rings (SSSR count). The summed E-state index contributed by atoms with van der Waals surface area (Å²) in [4.78, 5) is 11.1. The molecule has 0 amide bonds. The predicted molar refractivity (Wildman–Crippen MR) is 97.1 cm³/mol. The van der Waals surface area contributed by atoms with Crippen LogP contribution in [0.1, 0.15) is 12.8 Å². The van der Waals surface area contributed by atoms with Crippen LogP contribution in [0.15, 0.2) is 54.9 Å². The van der Waals surface area contributed by atoms with Crippen molar-refractivity contribution in [2.45, 2.75) is 18.9 Å². The number of pyridine rings is 2. The van der Waals surface area contributed by atoms with Crippen LogP contribution in [0.2, 0.25) is 0 Å². The number of halogens is 1. The van der Waals surface area contributed by atoms with Crippen LogP contribution >= 0.6 is 11.9 Å². The monoisotopic (exact) mass is 339 g/mol. The molecule has 3 aromatic rings. The van der Waals surface area contributed by atoms with Crippen molar-refractivity contribution >= 4 is 28.6 Å². The van der Waals surface area contributed by atoms with Crippen LogP contribution in [0, 0.1) is 0 Å². The third-order valence-corrected chi connectivity index (χ3v) is 4.77. The molecule has 0 radical (unpaired) electrons. The first kappa shape index (κ1) is 15.4. The lowest BCUT2D eigenvalue weighted by molar-refractivity contribution is 0.197. The highest BCUT2D eigenvalue weighted by atomic mass is 35.5. The second-order valence-electron chi connectivity index (χ2n) is 6.11. The van der Waals surface area contributed by atoms with E-state index in [4.69, 9.17) is 21.1 Å². The zero-order valence-electron chi connectivity index (χ0n) is 13.2. The van der Waals surface area contributed by atoms with Crippen LogP contribution in [-0.4, -0.2) is 29.2 Å². The second-order valence-corrected chi connectivity index (χ2v) is 6.29. The fourth-order valence-corrected chi connectivity index (χ4v) is 3.38. The van der Waals surface area contributed by atoms with E-state index in [1.165, 1.54) is 5.56 Å². The van der Waals surface area contributed by atoms with Crippen LogP contribution < -0.4 is 4.90 Å². The molecule has 2 aromatic heterocycles. The maximum atomic E-state index is 5.55. The Balaban J connectivity index is 1.64. The lowest BCUT2D eigenvalue weighted by Crippen LogP contribution is -2.39. The molecule has 0 saturated carbocycles. The molecule has 1 aliphatic rings. The molecule has 3 heterocycles. The van der Waals surface area contributed by atoms with Gasteiger partial charge in [-0.15, -0.1) is 0 Å². The number of nitrogens with zero attached hydrogens (tertiary/aromatic N) is 3. The van der Waals surface area contributed by atoms with Gasteiger partial charge in [0.15, 0.2) is 0 Å². The van der Waals surface area contributed by atoms with Crippen molar-refractivity contribution in [1.29, 1.82) is 0 Å². The second kappa shape index (κ2) is 6.75. The summed E-state index contributed by atoms with van der Waals surface area (Å²) in [5.74, 6) is 0.984. The Morgan fingerprint density at radius 3 is 2.75 bits per heavy atom. The van der Waals surface area contributed by atoms with E-state index in [0.29, 0.717) is 0 Å². The van der Waals surface area contributed by atoms with Crippen molar-refractivity contribution in [2.24, 2.45) is 0 Å². The molecule has 0 spiro atoms. The van der Waals surface area contributed by atoms with Crippen molar-refractivity contribution in [3.63, 3.8) is 0 Å². The first-order valence-corrected chi connectivity index (χ1v) is 8.48. The van der Waals surface area contributed by atoms with Crippen LogP contribution in [0.3, 0.4) is 0 Å². The van der Waals surface area contributed by atoms with Gasteiger partial charge in [-0.05, 0) is 60.4 Å². The molecule has 5 heteroatoms. The molecule has 1 atom stereocenters. The normalized spacial score (nSPS) is 18.0. The van der Waals surface area contributed by atoms with Crippen LogP contribution in [0.5, 0.6) is 0 Å². The van der Waals surface area contributed by atoms with E-state index in [1.807, 2.05) is 24.5 Å². The Morgan fingerprint density at radius 1 is 1.04 bits per heavy atom. The van der Waals surface area contributed by atoms with Gasteiger partial charge in [0.05, 0.1) is 23.5 Å². The van der Waals surface area contributed by atoms with E-state index in [-0.39, 0.29) is 6.10 Å². The standard InChI is InChI=1S/C19H18ClN3O/c20-24-17-2-1-11-23(13-17)19-6-4-16-12-15(3-5-18(16)22-19)14-7-9-21-10-8-14/h3-10,12,17H,1-2,11,13H2. The number of anilines is 1. The average molecular weight is 340 g/mol. The lowest BCUT2D eigenvalue weighted by atomic mass is 10.0. The summed E-state index contributed by atoms with van der Waals surface area (Å²) in [5, 5.41) is 1.13. The predicted octanol–water partition coefficient (Wildman–Crippen LogP) is 4.44. The van der Waals surface area contributed by atoms with Gasteiger partial charge in [-0.3, -0.25) is 9.27 Å². The quantitative estimate of drug-likeness (QED) is 0.707. The van der Waals surface area contributed by atoms with E-state index < -0.39 is 0 Å². The molecule has 0 aliphatic carbocycles. The molecule has 122 valence electrons. The Kier molecular flexibility index (Phi) is 4.32. The summed E-state index contributed by atoms with van der Waals surface area (Å²) in [6.07, 6.45) is 5.77. The van der Waals surface area contributed by atoms with Gasteiger partial charge in [-0.2, -0.15) is 0 Å². The van der Waals surface area contributed by atoms with Crippen LogP contribution in [0.4, 0.5) is 5.82 Å². The van der Waals surface area contributed by atoms with Gasteiger partial charge >= 0.3 is 0 Å². The Labute approximate surface area is 146 Å². The molecule has 1 saturated heterocycles. The number of aromatic nitrogens is 2. The van der Waals surface area contributed by atoms with Gasteiger partial charge in [-0.25, -0.2) is 4.98 Å². The molecular weight excluding hydrogens is 322 g/mol. The minimum absolute atomic E-state index is 0.0759. The number of fused-ring (bicyclic) bond motifs is 1. The minimum atomic E-state index is 0.0759. The summed E-state index contributed by atoms with van der Waals surface area (Å²) >= 11 is 5.55. The summed E-state index contributed by atoms with van der Waals surface area (Å²) in [7, 11) is 0. The number of piperidine rings is 1. The summed E-state index contributed by atoms with van der Waals surface area (Å²) in [6.45, 7) is 1.78. The summed E-state index contributed by atoms with van der Waals surface area (Å²) < 4.78 is 4.99. The minimum Gasteiger partial charge on any atom is -0.354 e. The van der Waals surface area contributed by atoms with Crippen LogP contribution in [-0.2, 0) is 4.29 Å². The SMILES string of the molecule is ClOC1CCCN(c2ccc3cc(-c4ccncc4)ccc3n2)C1. The summed E-state index contributed by atoms with van der Waals surface area (Å²) in [5.41, 5.74) is 3.33. The Hall–Kier alpha value is -2.17. The van der Waals surface area contributed by atoms with E-state index >= 15 is 0 Å². The molecule has 24 heavy (non-hydrogen) atoms. The maximum absolute atomic E-state index is 5.55. The molecule has 1 fully saturated rings. The lowest BCUT2D eigenvalue weighted by Gasteiger charge is -2.32. The molecule has 1 unspecified atom stereocenters. The molecule has 4 nitrogen and oxygen atoms in total. The van der Waals surface area contributed by atoms with E-state index in [0.717, 1.165) is 48.2 Å². The van der Waals surface area contributed by atoms with Gasteiger partial charge in [-0.1, -0.05) is 6.07 Å². The Bertz CT molecular complexity index is 840. The fraction of sp³-hybridized carbons (Fsp3) is 0.263. The number of rotatable bonds is 3. The number of hydrogen-bond acceptors (Lipinski definition) is 4. The topological polar surface area (TPSA) is 38.2 Å². The fourth-order valence-electron chi connectivity index (χ4n) is 3.23. The average Bonchev–Trinajstić information content (AvgIpc) is 2.68. The zero-order valence-corrected chi connectivity index (χ0v) is 14.0. The van der Waals surface area contributed by atoms with Crippen molar-refractivity contribution in [1.82, 2.24) is 9.97 Å². The smallest absolute Gasteiger partial charge is 0.129 e. The number of benzene rings is 1. The van der Waals surface area contributed by atoms with Gasteiger partial charge in [0, 0.05) is 30.9 Å². The largest absolute Gasteiger partial charge is 0.354 e. The number of hydrogen-bond donors (Lipinski definition) is 0. The molecular formula is C19H18ClN3O. The van der Waals surface area contributed by atoms with Gasteiger partial charge in [0.25, 0.3) is 0 Å². The third-order valence-electron chi connectivity index (χ3n) is 4.52. The molecule has 1 aliphatic heterocycles. The highest BCUT2D eigenvalue weighted by Gasteiger charge is 2.21. The van der Waals surface area contributed by atoms with Crippen molar-refractivity contribution < 1.29 is 4.29 Å². The van der Waals surface area contributed by atoms with Crippen molar-refractivity contribution in [3.8, 4) is 11.1 Å². The van der Waals surface area contributed by atoms with E-state index in [9.17, 15) is 0 Å². The zero-order chi connectivity index (χ0) is 16.4. The van der Waals surface area contributed by atoms with Crippen molar-refractivity contribution in [2.75, 3.05) is 18.0 Å². The van der Waals surface area contributed by atoms with Gasteiger partial charge in [0.1, 0.15) is 5.82 Å². The molecule has 0 bridgehead atoms. The highest BCUT2D eigenvalue weighted by Crippen LogP contribution is 2.26. The molecule has 0 N–H and O–H groups in total. The first-order chi connectivity index (χ1) is 11.8. The van der Waals surface area contributed by atoms with Crippen LogP contribution in [0.25, 0.3) is 22.0 Å².